The van der Waals surface area contributed by atoms with E-state index in [2.05, 4.69) is 0 Å². The molecule has 0 aromatic heterocycles. The van der Waals surface area contributed by atoms with Crippen molar-refractivity contribution >= 4 is 11.8 Å². The monoisotopic (exact) mass is 254 g/mol. The van der Waals surface area contributed by atoms with Crippen molar-refractivity contribution in [2.75, 3.05) is 0 Å². The zero-order chi connectivity index (χ0) is 13.8. The molecule has 0 N–H and O–H groups in total. The molecular weight excluding hydrogens is 240 g/mol. The van der Waals surface area contributed by atoms with Crippen LogP contribution in [-0.4, -0.2) is 11.8 Å². The molecule has 19 heavy (non-hydrogen) atoms. The largest absolute Gasteiger partial charge is 0.422 e. The van der Waals surface area contributed by atoms with E-state index < -0.39 is 5.97 Å². The SMILES string of the molecule is CC(=O)c1ccccc1OC(=O)c1cccc(C)c1. The first kappa shape index (κ1) is 13.0. The fourth-order valence-corrected chi connectivity index (χ4v) is 1.78. The number of hydrogen-bond donors (Lipinski definition) is 0. The van der Waals surface area contributed by atoms with Gasteiger partial charge in [-0.2, -0.15) is 0 Å². The van der Waals surface area contributed by atoms with Gasteiger partial charge in [0.25, 0.3) is 0 Å². The minimum Gasteiger partial charge on any atom is -0.422 e. The van der Waals surface area contributed by atoms with Crippen LogP contribution in [0.15, 0.2) is 48.5 Å². The number of para-hydroxylation sites is 1. The summed E-state index contributed by atoms with van der Waals surface area (Å²) in [7, 11) is 0. The number of ketones is 1. The van der Waals surface area contributed by atoms with Crippen molar-refractivity contribution in [3.63, 3.8) is 0 Å². The van der Waals surface area contributed by atoms with E-state index in [-0.39, 0.29) is 5.78 Å². The molecule has 0 saturated carbocycles. The summed E-state index contributed by atoms with van der Waals surface area (Å²) in [6.07, 6.45) is 0. The van der Waals surface area contributed by atoms with Gasteiger partial charge in [0.1, 0.15) is 5.75 Å². The molecule has 0 saturated heterocycles. The Balaban J connectivity index is 2.27. The van der Waals surface area contributed by atoms with E-state index in [0.29, 0.717) is 16.9 Å². The zero-order valence-corrected chi connectivity index (χ0v) is 10.8. The van der Waals surface area contributed by atoms with E-state index >= 15 is 0 Å². The molecule has 0 atom stereocenters. The lowest BCUT2D eigenvalue weighted by molar-refractivity contribution is 0.0732. The maximum absolute atomic E-state index is 12.0. The third kappa shape index (κ3) is 3.07. The molecule has 0 aliphatic rings. The molecule has 0 heterocycles. The first-order valence-electron chi connectivity index (χ1n) is 5.97. The quantitative estimate of drug-likeness (QED) is 0.479. The number of hydrogen-bond acceptors (Lipinski definition) is 3. The standard InChI is InChI=1S/C16H14O3/c1-11-6-5-7-13(10-11)16(18)19-15-9-4-3-8-14(15)12(2)17/h3-10H,1-2H3. The highest BCUT2D eigenvalue weighted by molar-refractivity contribution is 5.99. The third-order valence-corrected chi connectivity index (χ3v) is 2.72. The second-order valence-corrected chi connectivity index (χ2v) is 4.31. The number of carbonyl (C=O) groups is 2. The maximum atomic E-state index is 12.0. The molecule has 96 valence electrons. The minimum atomic E-state index is -0.461. The summed E-state index contributed by atoms with van der Waals surface area (Å²) in [5.74, 6) is -0.299. The van der Waals surface area contributed by atoms with Gasteiger partial charge in [0, 0.05) is 0 Å². The molecule has 0 bridgehead atoms. The van der Waals surface area contributed by atoms with E-state index in [1.165, 1.54) is 6.92 Å². The summed E-state index contributed by atoms with van der Waals surface area (Å²) in [5.41, 5.74) is 1.86. The number of rotatable bonds is 3. The number of carbonyl (C=O) groups excluding carboxylic acids is 2. The first-order chi connectivity index (χ1) is 9.08. The predicted molar refractivity (Wildman–Crippen MR) is 72.6 cm³/mol. The van der Waals surface area contributed by atoms with Crippen molar-refractivity contribution in [3.05, 3.63) is 65.2 Å². The van der Waals surface area contributed by atoms with E-state index in [0.717, 1.165) is 5.56 Å². The van der Waals surface area contributed by atoms with Crippen LogP contribution in [0.25, 0.3) is 0 Å². The van der Waals surface area contributed by atoms with Crippen LogP contribution in [0.1, 0.15) is 33.2 Å². The number of aryl methyl sites for hydroxylation is 1. The van der Waals surface area contributed by atoms with Crippen LogP contribution in [0.5, 0.6) is 5.75 Å². The molecule has 0 aliphatic heterocycles. The molecular formula is C16H14O3. The lowest BCUT2D eigenvalue weighted by Crippen LogP contribution is -2.11. The van der Waals surface area contributed by atoms with Crippen LogP contribution in [0.4, 0.5) is 0 Å². The Morgan fingerprint density at radius 2 is 1.74 bits per heavy atom. The molecule has 2 aromatic carbocycles. The minimum absolute atomic E-state index is 0.132. The van der Waals surface area contributed by atoms with Crippen LogP contribution in [-0.2, 0) is 0 Å². The highest BCUT2D eigenvalue weighted by Gasteiger charge is 2.13. The molecule has 0 amide bonds. The van der Waals surface area contributed by atoms with Crippen LogP contribution in [0.2, 0.25) is 0 Å². The molecule has 0 fully saturated rings. The van der Waals surface area contributed by atoms with Gasteiger partial charge in [-0.1, -0.05) is 29.8 Å². The summed E-state index contributed by atoms with van der Waals surface area (Å²) < 4.78 is 5.29. The highest BCUT2D eigenvalue weighted by atomic mass is 16.5. The van der Waals surface area contributed by atoms with Gasteiger partial charge >= 0.3 is 5.97 Å². The molecule has 2 aromatic rings. The van der Waals surface area contributed by atoms with Gasteiger partial charge in [0.2, 0.25) is 0 Å². The van der Waals surface area contributed by atoms with Crippen molar-refractivity contribution < 1.29 is 14.3 Å². The van der Waals surface area contributed by atoms with Gasteiger partial charge in [-0.25, -0.2) is 4.79 Å². The summed E-state index contributed by atoms with van der Waals surface area (Å²) in [4.78, 5) is 23.5. The normalized spacial score (nSPS) is 10.0. The lowest BCUT2D eigenvalue weighted by atomic mass is 10.1. The molecule has 0 unspecified atom stereocenters. The molecule has 0 radical (unpaired) electrons. The maximum Gasteiger partial charge on any atom is 0.343 e. The average molecular weight is 254 g/mol. The van der Waals surface area contributed by atoms with Gasteiger partial charge in [-0.3, -0.25) is 4.79 Å². The predicted octanol–water partition coefficient (Wildman–Crippen LogP) is 3.42. The third-order valence-electron chi connectivity index (χ3n) is 2.72. The number of Topliss-reactive ketones (excluding diaryl/α,β-unsaturated/α-hetero) is 1. The highest BCUT2D eigenvalue weighted by Crippen LogP contribution is 2.20. The van der Waals surface area contributed by atoms with Crippen molar-refractivity contribution in [2.24, 2.45) is 0 Å². The van der Waals surface area contributed by atoms with Crippen molar-refractivity contribution in [2.45, 2.75) is 13.8 Å². The van der Waals surface area contributed by atoms with Gasteiger partial charge in [-0.05, 0) is 38.1 Å². The van der Waals surface area contributed by atoms with E-state index in [9.17, 15) is 9.59 Å². The summed E-state index contributed by atoms with van der Waals surface area (Å²) in [5, 5.41) is 0. The number of ether oxygens (including phenoxy) is 1. The topological polar surface area (TPSA) is 43.4 Å². The van der Waals surface area contributed by atoms with Crippen LogP contribution >= 0.6 is 0 Å². The van der Waals surface area contributed by atoms with Crippen molar-refractivity contribution in [3.8, 4) is 5.75 Å². The second-order valence-electron chi connectivity index (χ2n) is 4.31. The average Bonchev–Trinajstić information content (AvgIpc) is 2.39. The summed E-state index contributed by atoms with van der Waals surface area (Å²) >= 11 is 0. The Morgan fingerprint density at radius 3 is 2.42 bits per heavy atom. The smallest absolute Gasteiger partial charge is 0.343 e. The zero-order valence-electron chi connectivity index (χ0n) is 10.8. The Bertz CT molecular complexity index is 629. The van der Waals surface area contributed by atoms with Crippen LogP contribution in [0, 0.1) is 6.92 Å². The number of esters is 1. The number of benzene rings is 2. The Hall–Kier alpha value is -2.42. The van der Waals surface area contributed by atoms with Crippen LogP contribution < -0.4 is 4.74 Å². The summed E-state index contributed by atoms with van der Waals surface area (Å²) in [6, 6.07) is 13.9. The summed E-state index contributed by atoms with van der Waals surface area (Å²) in [6.45, 7) is 3.35. The fraction of sp³-hybridized carbons (Fsp3) is 0.125. The molecule has 3 heteroatoms. The van der Waals surface area contributed by atoms with Gasteiger partial charge in [0.05, 0.1) is 11.1 Å². The Labute approximate surface area is 111 Å². The van der Waals surface area contributed by atoms with Gasteiger partial charge < -0.3 is 4.74 Å². The van der Waals surface area contributed by atoms with Gasteiger partial charge in [0.15, 0.2) is 5.78 Å². The van der Waals surface area contributed by atoms with Crippen molar-refractivity contribution in [1.29, 1.82) is 0 Å². The molecule has 0 aliphatic carbocycles. The van der Waals surface area contributed by atoms with Gasteiger partial charge in [-0.15, -0.1) is 0 Å². The molecule has 0 spiro atoms. The van der Waals surface area contributed by atoms with E-state index in [1.807, 2.05) is 13.0 Å². The fourth-order valence-electron chi connectivity index (χ4n) is 1.78. The van der Waals surface area contributed by atoms with E-state index in [4.69, 9.17) is 4.74 Å². The van der Waals surface area contributed by atoms with E-state index in [1.54, 1.807) is 42.5 Å². The second kappa shape index (κ2) is 5.48. The lowest BCUT2D eigenvalue weighted by Gasteiger charge is -2.08. The van der Waals surface area contributed by atoms with Crippen LogP contribution in [0.3, 0.4) is 0 Å². The van der Waals surface area contributed by atoms with Crippen molar-refractivity contribution in [1.82, 2.24) is 0 Å². The molecule has 3 nitrogen and oxygen atoms in total. The Kier molecular flexibility index (Phi) is 3.76. The first-order valence-corrected chi connectivity index (χ1v) is 5.97. The Morgan fingerprint density at radius 1 is 1.00 bits per heavy atom. The molecule has 2 rings (SSSR count).